The molecule has 0 saturated heterocycles. The number of rotatable bonds is 44. The normalized spacial score (nSPS) is 19.8. The van der Waals surface area contributed by atoms with Crippen molar-refractivity contribution in [3.05, 3.63) is 87.4 Å². The third kappa shape index (κ3) is 17.5. The van der Waals surface area contributed by atoms with Gasteiger partial charge in [-0.2, -0.15) is 0 Å². The standard InChI is InChI=1S/2C44H63GeNO3S3/c2*1-7-11-15-17-18-20-26-46-43(47)38-31(6)49-40(39(38)44(46)48)36-28-35-42(52-36)41-34(27-30(5)50-41)45(35,37-25-24-33(51-37)23-14-10-4)29-32(21-13-9-3)22-19-16-12-8-2/h2*25,27-28,32-33H,7-24,26,29H2,1-6H3. The van der Waals surface area contributed by atoms with Crippen molar-refractivity contribution in [3.8, 4) is 40.8 Å². The average Bonchev–Trinajstić information content (AvgIpc) is 1.54. The molecule has 4 amide bonds. The van der Waals surface area contributed by atoms with E-state index in [1.165, 1.54) is 242 Å². The van der Waals surface area contributed by atoms with Gasteiger partial charge < -0.3 is 0 Å². The number of thioether (sulfide) groups is 2. The molecule has 0 aromatic carbocycles. The summed E-state index contributed by atoms with van der Waals surface area (Å²) >= 11 is 5.91. The Morgan fingerprint density at radius 1 is 0.385 bits per heavy atom. The second-order valence-electron chi connectivity index (χ2n) is 31.7. The van der Waals surface area contributed by atoms with E-state index in [2.05, 4.69) is 129 Å². The van der Waals surface area contributed by atoms with Gasteiger partial charge in [-0.1, -0.05) is 39.5 Å². The Morgan fingerprint density at radius 2 is 0.702 bits per heavy atom. The number of carbonyl (C=O) groups is 4. The molecule has 568 valence electrons. The van der Waals surface area contributed by atoms with Gasteiger partial charge in [0.2, 0.25) is 0 Å². The zero-order valence-electron chi connectivity index (χ0n) is 65.9. The van der Waals surface area contributed by atoms with Gasteiger partial charge in [0.15, 0.2) is 0 Å². The first-order chi connectivity index (χ1) is 50.6. The van der Waals surface area contributed by atoms with Crippen LogP contribution in [0.3, 0.4) is 0 Å². The van der Waals surface area contributed by atoms with E-state index in [9.17, 15) is 19.2 Å². The fourth-order valence-electron chi connectivity index (χ4n) is 18.1. The summed E-state index contributed by atoms with van der Waals surface area (Å²) in [4.78, 5) is 69.3. The molecule has 6 aliphatic heterocycles. The molecular formula is C88H126Ge2N2O6S6. The fraction of sp³-hybridized carbons (Fsp3) is 0.636. The minimum atomic E-state index is -3.11. The predicted molar refractivity (Wildman–Crippen MR) is 458 cm³/mol. The molecule has 0 fully saturated rings. The summed E-state index contributed by atoms with van der Waals surface area (Å²) in [7, 11) is 0. The first-order valence-corrected chi connectivity index (χ1v) is 56.1. The van der Waals surface area contributed by atoms with Gasteiger partial charge in [0.25, 0.3) is 0 Å². The van der Waals surface area contributed by atoms with Gasteiger partial charge in [-0.15, -0.1) is 0 Å². The summed E-state index contributed by atoms with van der Waals surface area (Å²) in [6.45, 7) is 27.8. The number of allylic oxidation sites excluding steroid dienone is 2. The van der Waals surface area contributed by atoms with Crippen LogP contribution >= 0.6 is 68.9 Å². The molecule has 104 heavy (non-hydrogen) atoms. The molecule has 6 unspecified atom stereocenters. The van der Waals surface area contributed by atoms with Crippen molar-refractivity contribution >= 4 is 137 Å². The Kier molecular flexibility index (Phi) is 30.5. The van der Waals surface area contributed by atoms with Crippen LogP contribution in [0.5, 0.6) is 0 Å². The topological polar surface area (TPSA) is 101 Å². The molecule has 6 aromatic rings. The van der Waals surface area contributed by atoms with Gasteiger partial charge in [-0.05, 0) is 0 Å². The number of thiophene rings is 4. The number of hydrogen-bond donors (Lipinski definition) is 0. The van der Waals surface area contributed by atoms with E-state index in [1.807, 2.05) is 59.2 Å². The molecule has 0 radical (unpaired) electrons. The number of carbonyl (C=O) groups excluding carboxylic acids is 4. The Morgan fingerprint density at radius 3 is 1.08 bits per heavy atom. The number of nitrogens with zero attached hydrogens (tertiary/aromatic N) is 2. The molecule has 12 rings (SSSR count). The maximum absolute atomic E-state index is 14.1. The van der Waals surface area contributed by atoms with Crippen molar-refractivity contribution in [3.63, 3.8) is 0 Å². The van der Waals surface area contributed by atoms with Crippen LogP contribution in [0, 0.1) is 39.5 Å². The van der Waals surface area contributed by atoms with Gasteiger partial charge in [-0.3, -0.25) is 0 Å². The molecule has 6 atom stereocenters. The van der Waals surface area contributed by atoms with E-state index >= 15 is 0 Å². The number of fused-ring (bicyclic) bond motifs is 8. The van der Waals surface area contributed by atoms with Crippen molar-refractivity contribution in [1.82, 2.24) is 9.80 Å². The summed E-state index contributed by atoms with van der Waals surface area (Å²) < 4.78 is 23.1. The van der Waals surface area contributed by atoms with Crippen LogP contribution in [-0.2, 0) is 0 Å². The second kappa shape index (κ2) is 38.7. The number of aryl methyl sites for hydroxylation is 4. The fourth-order valence-corrected chi connectivity index (χ4v) is 60.5. The number of unbranched alkanes of at least 4 members (excludes halogenated alkanes) is 20. The van der Waals surface area contributed by atoms with E-state index in [-0.39, 0.29) is 23.6 Å². The van der Waals surface area contributed by atoms with E-state index in [4.69, 9.17) is 8.83 Å². The van der Waals surface area contributed by atoms with E-state index in [0.717, 1.165) is 60.1 Å². The first-order valence-electron chi connectivity index (χ1n) is 41.8. The summed E-state index contributed by atoms with van der Waals surface area (Å²) in [5.41, 5.74) is 2.03. The van der Waals surface area contributed by atoms with Crippen molar-refractivity contribution in [1.29, 1.82) is 0 Å². The van der Waals surface area contributed by atoms with E-state index in [1.54, 1.807) is 25.1 Å². The third-order valence-corrected chi connectivity index (χ3v) is 57.8. The number of amides is 4. The molecule has 8 nitrogen and oxygen atoms in total. The van der Waals surface area contributed by atoms with Crippen molar-refractivity contribution < 1.29 is 28.0 Å². The van der Waals surface area contributed by atoms with Crippen LogP contribution in [0.15, 0.2) is 52.7 Å². The summed E-state index contributed by atoms with van der Waals surface area (Å²) in [5.74, 6) is 3.27. The zero-order valence-corrected chi connectivity index (χ0v) is 74.9. The van der Waals surface area contributed by atoms with Gasteiger partial charge in [0, 0.05) is 0 Å². The van der Waals surface area contributed by atoms with Crippen LogP contribution in [0.2, 0.25) is 10.5 Å². The Bertz CT molecular complexity index is 3710. The molecule has 6 aromatic heterocycles. The molecule has 0 aliphatic carbocycles. The quantitative estimate of drug-likeness (QED) is 0.0212. The number of furan rings is 2. The predicted octanol–water partition coefficient (Wildman–Crippen LogP) is 26.2. The molecule has 0 bridgehead atoms. The summed E-state index contributed by atoms with van der Waals surface area (Å²) in [5, 5.41) is 4.05. The second-order valence-corrected chi connectivity index (χ2v) is 56.7. The monoisotopic (exact) mass is 1650 g/mol. The van der Waals surface area contributed by atoms with Gasteiger partial charge in [-0.25, -0.2) is 0 Å². The van der Waals surface area contributed by atoms with E-state index in [0.29, 0.717) is 68.9 Å². The Labute approximate surface area is 656 Å². The minimum absolute atomic E-state index is 0.158. The van der Waals surface area contributed by atoms with Crippen LogP contribution in [-0.4, -0.2) is 83.6 Å². The van der Waals surface area contributed by atoms with Crippen LogP contribution in [0.25, 0.3) is 40.8 Å². The molecule has 6 aliphatic rings. The molecule has 0 spiro atoms. The van der Waals surface area contributed by atoms with Crippen LogP contribution in [0.4, 0.5) is 0 Å². The summed E-state index contributed by atoms with van der Waals surface area (Å²) in [6, 6.07) is 10.1. The Hall–Kier alpha value is -3.09. The molecule has 16 heteroatoms. The molecule has 12 heterocycles. The van der Waals surface area contributed by atoms with Crippen LogP contribution < -0.4 is 17.6 Å². The number of imide groups is 2. The SMILES string of the molecule is CCCCCCCCN1C(=O)c2c(C)oc(-c3c[c]4c(s3)-c3sc(C)c[c]3[Ge]4([CH2]C(CCCC)CCCCCC)[C]3=CCC(CCCC)S3)c2C1=O.CCCCCCCCN1C(=O)c2c(C)oc(-c3c[c]4c(s3)-c3sc(C)c[c]3[Ge]4([CH2]C(CCCC)CCCCCC)[C]3=CCC(CCCC)S3)c2C1=O. The molecule has 0 N–H and O–H groups in total. The van der Waals surface area contributed by atoms with Crippen LogP contribution in [0.1, 0.15) is 349 Å². The molecule has 0 saturated carbocycles. The zero-order chi connectivity index (χ0) is 73.7. The number of hydrogen-bond acceptors (Lipinski definition) is 12. The van der Waals surface area contributed by atoms with E-state index < -0.39 is 26.5 Å². The first kappa shape index (κ1) is 81.9. The van der Waals surface area contributed by atoms with Crippen molar-refractivity contribution in [2.75, 3.05) is 13.1 Å². The Balaban J connectivity index is 0.000000208. The maximum atomic E-state index is 14.1. The third-order valence-electron chi connectivity index (χ3n) is 23.7. The average molecular weight is 1650 g/mol. The molecular weight excluding hydrogens is 1520 g/mol. The van der Waals surface area contributed by atoms with Crippen molar-refractivity contribution in [2.45, 2.75) is 335 Å². The van der Waals surface area contributed by atoms with Gasteiger partial charge in [0.1, 0.15) is 0 Å². The van der Waals surface area contributed by atoms with Gasteiger partial charge in [0.05, 0.1) is 0 Å². The van der Waals surface area contributed by atoms with Crippen molar-refractivity contribution in [2.24, 2.45) is 11.8 Å². The summed E-state index contributed by atoms with van der Waals surface area (Å²) in [6.07, 6.45) is 50.1. The van der Waals surface area contributed by atoms with Gasteiger partial charge >= 0.3 is 623 Å².